The van der Waals surface area contributed by atoms with Crippen LogP contribution in [0.3, 0.4) is 0 Å². The Labute approximate surface area is 201 Å². The molecule has 0 saturated carbocycles. The van der Waals surface area contributed by atoms with E-state index in [4.69, 9.17) is 4.74 Å². The summed E-state index contributed by atoms with van der Waals surface area (Å²) in [6.07, 6.45) is 3.57. The molecule has 2 aromatic carbocycles. The number of carbonyl (C=O) groups is 2. The lowest BCUT2D eigenvalue weighted by Crippen LogP contribution is -2.44. The smallest absolute Gasteiger partial charge is 0.338 e. The zero-order valence-electron chi connectivity index (χ0n) is 19.6. The number of likely N-dealkylation sites (tertiary alicyclic amines) is 1. The van der Waals surface area contributed by atoms with Crippen molar-refractivity contribution in [3.05, 3.63) is 65.7 Å². The predicted octanol–water partition coefficient (Wildman–Crippen LogP) is 3.50. The molecule has 0 radical (unpaired) electrons. The van der Waals surface area contributed by atoms with Crippen LogP contribution in [0.5, 0.6) is 0 Å². The van der Waals surface area contributed by atoms with Gasteiger partial charge in [0.1, 0.15) is 0 Å². The molecule has 34 heavy (non-hydrogen) atoms. The lowest BCUT2D eigenvalue weighted by Gasteiger charge is -2.33. The van der Waals surface area contributed by atoms with Crippen LogP contribution in [-0.2, 0) is 26.0 Å². The summed E-state index contributed by atoms with van der Waals surface area (Å²) >= 11 is 0. The van der Waals surface area contributed by atoms with E-state index < -0.39 is 22.1 Å². The van der Waals surface area contributed by atoms with Crippen LogP contribution in [0.25, 0.3) is 0 Å². The van der Waals surface area contributed by atoms with Crippen LogP contribution in [0.1, 0.15) is 48.5 Å². The van der Waals surface area contributed by atoms with E-state index in [0.29, 0.717) is 32.1 Å². The number of amides is 1. The first-order valence-electron chi connectivity index (χ1n) is 12.0. The number of carbonyl (C=O) groups excluding carboxylic acids is 2. The fourth-order valence-electron chi connectivity index (χ4n) is 4.70. The summed E-state index contributed by atoms with van der Waals surface area (Å²) < 4.78 is 32.5. The van der Waals surface area contributed by atoms with Crippen molar-refractivity contribution in [2.75, 3.05) is 26.2 Å². The molecule has 7 nitrogen and oxygen atoms in total. The van der Waals surface area contributed by atoms with E-state index in [-0.39, 0.29) is 16.4 Å². The van der Waals surface area contributed by atoms with E-state index in [0.717, 1.165) is 32.1 Å². The number of hydrogen-bond donors (Lipinski definition) is 0. The molecule has 2 fully saturated rings. The Kier molecular flexibility index (Phi) is 7.68. The summed E-state index contributed by atoms with van der Waals surface area (Å²) in [6, 6.07) is 16.2. The largest absolute Gasteiger partial charge is 0.449 e. The maximum atomic E-state index is 12.9. The molecule has 2 aromatic rings. The molecule has 2 heterocycles. The number of esters is 1. The third kappa shape index (κ3) is 5.67. The molecular weight excluding hydrogens is 452 g/mol. The summed E-state index contributed by atoms with van der Waals surface area (Å²) in [5.74, 6) is -0.379. The molecule has 0 aromatic heterocycles. The molecule has 0 bridgehead atoms. The lowest BCUT2D eigenvalue weighted by atomic mass is 9.90. The fraction of sp³-hybridized carbons (Fsp3) is 0.462. The van der Waals surface area contributed by atoms with E-state index >= 15 is 0 Å². The normalized spacial score (nSPS) is 18.6. The van der Waals surface area contributed by atoms with Gasteiger partial charge in [-0.1, -0.05) is 36.4 Å². The summed E-state index contributed by atoms with van der Waals surface area (Å²) in [7, 11) is -3.63. The second-order valence-corrected chi connectivity index (χ2v) is 11.1. The van der Waals surface area contributed by atoms with E-state index in [1.54, 1.807) is 11.8 Å². The quantitative estimate of drug-likeness (QED) is 0.562. The summed E-state index contributed by atoms with van der Waals surface area (Å²) in [5.41, 5.74) is 1.44. The van der Waals surface area contributed by atoms with E-state index in [2.05, 4.69) is 12.1 Å². The van der Waals surface area contributed by atoms with Crippen molar-refractivity contribution >= 4 is 21.9 Å². The molecule has 0 spiro atoms. The number of benzene rings is 2. The highest BCUT2D eigenvalue weighted by atomic mass is 32.2. The molecule has 182 valence electrons. The van der Waals surface area contributed by atoms with Gasteiger partial charge in [-0.25, -0.2) is 13.2 Å². The third-order valence-corrected chi connectivity index (χ3v) is 8.59. The average Bonchev–Trinajstić information content (AvgIpc) is 3.41. The van der Waals surface area contributed by atoms with Gasteiger partial charge in [0.05, 0.1) is 10.5 Å². The molecule has 2 aliphatic rings. The Morgan fingerprint density at radius 2 is 1.65 bits per heavy atom. The lowest BCUT2D eigenvalue weighted by molar-refractivity contribution is -0.141. The van der Waals surface area contributed by atoms with Crippen molar-refractivity contribution in [2.24, 2.45) is 5.92 Å². The first-order chi connectivity index (χ1) is 16.3. The zero-order chi connectivity index (χ0) is 24.1. The molecule has 8 heteroatoms. The van der Waals surface area contributed by atoms with Crippen molar-refractivity contribution in [1.29, 1.82) is 0 Å². The van der Waals surface area contributed by atoms with Crippen LogP contribution in [0.4, 0.5) is 0 Å². The number of sulfonamides is 1. The van der Waals surface area contributed by atoms with Gasteiger partial charge in [-0.3, -0.25) is 4.79 Å². The minimum absolute atomic E-state index is 0.0725. The van der Waals surface area contributed by atoms with Crippen LogP contribution in [-0.4, -0.2) is 61.8 Å². The van der Waals surface area contributed by atoms with Gasteiger partial charge >= 0.3 is 5.97 Å². The Morgan fingerprint density at radius 1 is 0.971 bits per heavy atom. The van der Waals surface area contributed by atoms with Crippen LogP contribution < -0.4 is 0 Å². The highest BCUT2D eigenvalue weighted by Crippen LogP contribution is 2.24. The Morgan fingerprint density at radius 3 is 2.32 bits per heavy atom. The number of hydrogen-bond acceptors (Lipinski definition) is 5. The van der Waals surface area contributed by atoms with Gasteiger partial charge in [-0.05, 0) is 68.7 Å². The Bertz CT molecular complexity index is 1110. The number of nitrogens with zero attached hydrogens (tertiary/aromatic N) is 2. The molecule has 1 atom stereocenters. The summed E-state index contributed by atoms with van der Waals surface area (Å²) in [6.45, 7) is 3.83. The molecule has 1 unspecified atom stereocenters. The standard InChI is InChI=1S/C26H32N2O5S/c1-20(25(29)27-16-12-22(13-17-27)18-21-8-3-2-4-9-21)33-26(30)23-10-7-11-24(19-23)34(31,32)28-14-5-6-15-28/h2-4,7-11,19-20,22H,5-6,12-18H2,1H3. The fourth-order valence-corrected chi connectivity index (χ4v) is 6.27. The van der Waals surface area contributed by atoms with Gasteiger partial charge in [-0.15, -0.1) is 0 Å². The maximum Gasteiger partial charge on any atom is 0.338 e. The van der Waals surface area contributed by atoms with Gasteiger partial charge in [0.2, 0.25) is 10.0 Å². The van der Waals surface area contributed by atoms with Gasteiger partial charge < -0.3 is 9.64 Å². The molecule has 4 rings (SSSR count). The SMILES string of the molecule is CC(OC(=O)c1cccc(S(=O)(=O)N2CCCC2)c1)C(=O)N1CCC(Cc2ccccc2)CC1. The van der Waals surface area contributed by atoms with Crippen LogP contribution in [0.2, 0.25) is 0 Å². The van der Waals surface area contributed by atoms with Crippen LogP contribution >= 0.6 is 0 Å². The summed E-state index contributed by atoms with van der Waals surface area (Å²) in [4.78, 5) is 27.4. The Balaban J connectivity index is 1.32. The van der Waals surface area contributed by atoms with Gasteiger partial charge in [0.15, 0.2) is 6.10 Å². The van der Waals surface area contributed by atoms with Gasteiger partial charge in [-0.2, -0.15) is 4.31 Å². The second kappa shape index (κ2) is 10.7. The maximum absolute atomic E-state index is 12.9. The van der Waals surface area contributed by atoms with Gasteiger partial charge in [0, 0.05) is 26.2 Å². The first-order valence-corrected chi connectivity index (χ1v) is 13.4. The minimum Gasteiger partial charge on any atom is -0.449 e. The molecule has 2 saturated heterocycles. The van der Waals surface area contributed by atoms with E-state index in [1.807, 2.05) is 18.2 Å². The van der Waals surface area contributed by atoms with Crippen molar-refractivity contribution in [1.82, 2.24) is 9.21 Å². The minimum atomic E-state index is -3.63. The van der Waals surface area contributed by atoms with Crippen molar-refractivity contribution in [3.63, 3.8) is 0 Å². The highest BCUT2D eigenvalue weighted by molar-refractivity contribution is 7.89. The van der Waals surface area contributed by atoms with Crippen LogP contribution in [0.15, 0.2) is 59.5 Å². The average molecular weight is 485 g/mol. The Hall–Kier alpha value is -2.71. The molecule has 2 aliphatic heterocycles. The zero-order valence-corrected chi connectivity index (χ0v) is 20.4. The van der Waals surface area contributed by atoms with E-state index in [1.165, 1.54) is 34.1 Å². The molecule has 0 aliphatic carbocycles. The predicted molar refractivity (Wildman–Crippen MR) is 129 cm³/mol. The first kappa shape index (κ1) is 24.4. The molecular formula is C26H32N2O5S. The number of rotatable bonds is 7. The number of piperidine rings is 1. The van der Waals surface area contributed by atoms with Crippen molar-refractivity contribution < 1.29 is 22.7 Å². The van der Waals surface area contributed by atoms with Crippen molar-refractivity contribution in [3.8, 4) is 0 Å². The van der Waals surface area contributed by atoms with Crippen molar-refractivity contribution in [2.45, 2.75) is 50.0 Å². The van der Waals surface area contributed by atoms with Crippen LogP contribution in [0, 0.1) is 5.92 Å². The molecule has 1 amide bonds. The summed E-state index contributed by atoms with van der Waals surface area (Å²) in [5, 5.41) is 0. The second-order valence-electron chi connectivity index (χ2n) is 9.14. The van der Waals surface area contributed by atoms with Gasteiger partial charge in [0.25, 0.3) is 5.91 Å². The topological polar surface area (TPSA) is 84.0 Å². The number of ether oxygens (including phenoxy) is 1. The highest BCUT2D eigenvalue weighted by Gasteiger charge is 2.30. The third-order valence-electron chi connectivity index (χ3n) is 6.70. The van der Waals surface area contributed by atoms with E-state index in [9.17, 15) is 18.0 Å². The molecule has 0 N–H and O–H groups in total. The monoisotopic (exact) mass is 484 g/mol.